The van der Waals surface area contributed by atoms with E-state index in [0.29, 0.717) is 16.6 Å². The van der Waals surface area contributed by atoms with Crippen LogP contribution < -0.4 is 5.32 Å². The van der Waals surface area contributed by atoms with Gasteiger partial charge < -0.3 is 4.52 Å². The third-order valence-electron chi connectivity index (χ3n) is 2.57. The molecule has 4 nitrogen and oxygen atoms in total. The predicted octanol–water partition coefficient (Wildman–Crippen LogP) is 3.98. The summed E-state index contributed by atoms with van der Waals surface area (Å²) in [7, 11) is 0. The van der Waals surface area contributed by atoms with Crippen LogP contribution in [0.15, 0.2) is 34.9 Å². The molecule has 2 aromatic rings. The molecule has 0 aliphatic carbocycles. The van der Waals surface area contributed by atoms with E-state index in [9.17, 15) is 4.79 Å². The molecular weight excluding hydrogens is 264 g/mol. The van der Waals surface area contributed by atoms with Crippen LogP contribution in [-0.2, 0) is 4.79 Å². The molecule has 1 aromatic heterocycles. The van der Waals surface area contributed by atoms with Crippen molar-refractivity contribution >= 4 is 23.4 Å². The van der Waals surface area contributed by atoms with E-state index in [1.54, 1.807) is 18.2 Å². The quantitative estimate of drug-likeness (QED) is 0.904. The number of halogens is 1. The summed E-state index contributed by atoms with van der Waals surface area (Å²) in [5, 5.41) is 7.27. The second-order valence-electron chi connectivity index (χ2n) is 5.29. The van der Waals surface area contributed by atoms with Crippen molar-refractivity contribution < 1.29 is 9.32 Å². The lowest BCUT2D eigenvalue weighted by Crippen LogP contribution is -2.27. The number of aromatic nitrogens is 1. The molecule has 0 saturated carbocycles. The van der Waals surface area contributed by atoms with Gasteiger partial charge in [-0.2, -0.15) is 0 Å². The molecule has 0 aliphatic rings. The van der Waals surface area contributed by atoms with E-state index in [1.165, 1.54) is 0 Å². The maximum Gasteiger partial charge on any atom is 0.232 e. The zero-order chi connectivity index (χ0) is 14.0. The number of amides is 1. The summed E-state index contributed by atoms with van der Waals surface area (Å²) < 4.78 is 5.10. The smallest absolute Gasteiger partial charge is 0.232 e. The Morgan fingerprint density at radius 1 is 1.26 bits per heavy atom. The monoisotopic (exact) mass is 278 g/mol. The third kappa shape index (κ3) is 3.35. The fourth-order valence-corrected chi connectivity index (χ4v) is 1.52. The number of carbonyl (C=O) groups is 1. The Morgan fingerprint density at radius 2 is 1.89 bits per heavy atom. The standard InChI is InChI=1S/C14H15ClN2O2/c1-14(2,3)13(18)16-12-8-11(17-19-12)9-4-6-10(15)7-5-9/h4-8H,1-3H3,(H,16,18). The Labute approximate surface area is 116 Å². The van der Waals surface area contributed by atoms with E-state index < -0.39 is 5.41 Å². The number of nitrogens with zero attached hydrogens (tertiary/aromatic N) is 1. The van der Waals surface area contributed by atoms with E-state index in [1.807, 2.05) is 32.9 Å². The van der Waals surface area contributed by atoms with Crippen LogP contribution in [0.4, 0.5) is 5.88 Å². The fourth-order valence-electron chi connectivity index (χ4n) is 1.39. The molecule has 100 valence electrons. The predicted molar refractivity (Wildman–Crippen MR) is 75.0 cm³/mol. The maximum atomic E-state index is 11.8. The lowest BCUT2D eigenvalue weighted by molar-refractivity contribution is -0.123. The highest BCUT2D eigenvalue weighted by Gasteiger charge is 2.22. The number of hydrogen-bond acceptors (Lipinski definition) is 3. The molecule has 0 radical (unpaired) electrons. The maximum absolute atomic E-state index is 11.8. The molecule has 1 aromatic carbocycles. The van der Waals surface area contributed by atoms with Gasteiger partial charge in [-0.05, 0) is 12.1 Å². The van der Waals surface area contributed by atoms with Gasteiger partial charge in [-0.25, -0.2) is 0 Å². The number of nitrogens with one attached hydrogen (secondary N) is 1. The van der Waals surface area contributed by atoms with Crippen LogP contribution in [0.5, 0.6) is 0 Å². The van der Waals surface area contributed by atoms with Gasteiger partial charge >= 0.3 is 0 Å². The van der Waals surface area contributed by atoms with Crippen molar-refractivity contribution in [3.8, 4) is 11.3 Å². The van der Waals surface area contributed by atoms with Gasteiger partial charge in [-0.15, -0.1) is 0 Å². The van der Waals surface area contributed by atoms with Gasteiger partial charge in [0.25, 0.3) is 0 Å². The minimum Gasteiger partial charge on any atom is -0.338 e. The molecule has 0 fully saturated rings. The molecular formula is C14H15ClN2O2. The first-order valence-corrected chi connectivity index (χ1v) is 6.28. The number of benzene rings is 1. The normalized spacial score (nSPS) is 11.4. The van der Waals surface area contributed by atoms with Crippen LogP contribution in [0.25, 0.3) is 11.3 Å². The number of rotatable bonds is 2. The van der Waals surface area contributed by atoms with Crippen molar-refractivity contribution in [1.29, 1.82) is 0 Å². The summed E-state index contributed by atoms with van der Waals surface area (Å²) in [6.45, 7) is 5.50. The minimum atomic E-state index is -0.479. The Morgan fingerprint density at radius 3 is 2.47 bits per heavy atom. The van der Waals surface area contributed by atoms with Crippen molar-refractivity contribution in [2.24, 2.45) is 5.41 Å². The highest BCUT2D eigenvalue weighted by Crippen LogP contribution is 2.24. The van der Waals surface area contributed by atoms with Gasteiger partial charge in [-0.1, -0.05) is 49.7 Å². The molecule has 1 N–H and O–H groups in total. The zero-order valence-electron chi connectivity index (χ0n) is 11.0. The Bertz CT molecular complexity index is 582. The molecule has 0 unspecified atom stereocenters. The van der Waals surface area contributed by atoms with Crippen LogP contribution in [-0.4, -0.2) is 11.1 Å². The van der Waals surface area contributed by atoms with Crippen molar-refractivity contribution in [2.75, 3.05) is 5.32 Å². The van der Waals surface area contributed by atoms with Crippen molar-refractivity contribution in [3.63, 3.8) is 0 Å². The van der Waals surface area contributed by atoms with Gasteiger partial charge in [0.05, 0.1) is 0 Å². The Balaban J connectivity index is 2.16. The highest BCUT2D eigenvalue weighted by atomic mass is 35.5. The fraction of sp³-hybridized carbons (Fsp3) is 0.286. The number of carbonyl (C=O) groups excluding carboxylic acids is 1. The van der Waals surface area contributed by atoms with Crippen LogP contribution in [0.3, 0.4) is 0 Å². The lowest BCUT2D eigenvalue weighted by Gasteiger charge is -2.15. The second kappa shape index (κ2) is 5.05. The first kappa shape index (κ1) is 13.6. The van der Waals surface area contributed by atoms with E-state index >= 15 is 0 Å². The van der Waals surface area contributed by atoms with E-state index in [0.717, 1.165) is 5.56 Å². The third-order valence-corrected chi connectivity index (χ3v) is 2.82. The van der Waals surface area contributed by atoms with Crippen molar-refractivity contribution in [1.82, 2.24) is 5.16 Å². The molecule has 1 amide bonds. The molecule has 5 heteroatoms. The van der Waals surface area contributed by atoms with Gasteiger partial charge in [0.1, 0.15) is 5.69 Å². The highest BCUT2D eigenvalue weighted by molar-refractivity contribution is 6.30. The Hall–Kier alpha value is -1.81. The topological polar surface area (TPSA) is 55.1 Å². The number of anilines is 1. The summed E-state index contributed by atoms with van der Waals surface area (Å²) >= 11 is 5.82. The first-order valence-electron chi connectivity index (χ1n) is 5.90. The molecule has 0 aliphatic heterocycles. The summed E-state index contributed by atoms with van der Waals surface area (Å²) in [4.78, 5) is 11.8. The molecule has 2 rings (SSSR count). The second-order valence-corrected chi connectivity index (χ2v) is 5.72. The average Bonchev–Trinajstić information content (AvgIpc) is 2.77. The van der Waals surface area contributed by atoms with Crippen molar-refractivity contribution in [3.05, 3.63) is 35.4 Å². The summed E-state index contributed by atoms with van der Waals surface area (Å²) in [6.07, 6.45) is 0. The molecule has 0 atom stereocenters. The van der Waals surface area contributed by atoms with E-state index in [4.69, 9.17) is 16.1 Å². The van der Waals surface area contributed by atoms with Gasteiger partial charge in [0.2, 0.25) is 11.8 Å². The van der Waals surface area contributed by atoms with E-state index in [-0.39, 0.29) is 5.91 Å². The molecule has 0 spiro atoms. The largest absolute Gasteiger partial charge is 0.338 e. The van der Waals surface area contributed by atoms with Gasteiger partial charge in [-0.3, -0.25) is 10.1 Å². The Kier molecular flexibility index (Phi) is 3.62. The zero-order valence-corrected chi connectivity index (χ0v) is 11.8. The first-order chi connectivity index (χ1) is 8.86. The molecule has 0 bridgehead atoms. The molecule has 19 heavy (non-hydrogen) atoms. The summed E-state index contributed by atoms with van der Waals surface area (Å²) in [6, 6.07) is 8.93. The van der Waals surface area contributed by atoms with Crippen LogP contribution in [0.1, 0.15) is 20.8 Å². The number of hydrogen-bond donors (Lipinski definition) is 1. The summed E-state index contributed by atoms with van der Waals surface area (Å²) in [5.41, 5.74) is 1.05. The SMILES string of the molecule is CC(C)(C)C(=O)Nc1cc(-c2ccc(Cl)cc2)no1. The summed E-state index contributed by atoms with van der Waals surface area (Å²) in [5.74, 6) is 0.219. The molecule has 1 heterocycles. The minimum absolute atomic E-state index is 0.119. The van der Waals surface area contributed by atoms with Crippen molar-refractivity contribution in [2.45, 2.75) is 20.8 Å². The van der Waals surface area contributed by atoms with Crippen LogP contribution in [0, 0.1) is 5.41 Å². The van der Waals surface area contributed by atoms with Crippen LogP contribution >= 0.6 is 11.6 Å². The molecule has 0 saturated heterocycles. The average molecular weight is 279 g/mol. The van der Waals surface area contributed by atoms with E-state index in [2.05, 4.69) is 10.5 Å². The van der Waals surface area contributed by atoms with Crippen LogP contribution in [0.2, 0.25) is 5.02 Å². The lowest BCUT2D eigenvalue weighted by atomic mass is 9.96. The van der Waals surface area contributed by atoms with Gasteiger partial charge in [0, 0.05) is 22.1 Å². The van der Waals surface area contributed by atoms with Gasteiger partial charge in [0.15, 0.2) is 0 Å².